The molecule has 1 aromatic carbocycles. The number of nitrogens with zero attached hydrogens (tertiary/aromatic N) is 3. The minimum Gasteiger partial charge on any atom is -0.314 e. The minimum absolute atomic E-state index is 0.0435. The lowest BCUT2D eigenvalue weighted by molar-refractivity contribution is 0.0974. The van der Waals surface area contributed by atoms with Crippen molar-refractivity contribution < 1.29 is 4.79 Å². The third kappa shape index (κ3) is 3.48. The monoisotopic (exact) mass is 258 g/mol. The van der Waals surface area contributed by atoms with Crippen molar-refractivity contribution in [2.75, 3.05) is 6.54 Å². The fourth-order valence-corrected chi connectivity index (χ4v) is 1.79. The first kappa shape index (κ1) is 13.4. The smallest absolute Gasteiger partial charge is 0.184 e. The van der Waals surface area contributed by atoms with Gasteiger partial charge in [0.25, 0.3) is 0 Å². The van der Waals surface area contributed by atoms with E-state index >= 15 is 0 Å². The van der Waals surface area contributed by atoms with Crippen molar-refractivity contribution in [3.8, 4) is 5.69 Å². The molecule has 5 nitrogen and oxygen atoms in total. The van der Waals surface area contributed by atoms with Gasteiger partial charge < -0.3 is 5.32 Å². The van der Waals surface area contributed by atoms with Crippen LogP contribution in [-0.2, 0) is 0 Å². The van der Waals surface area contributed by atoms with Crippen molar-refractivity contribution in [2.24, 2.45) is 0 Å². The van der Waals surface area contributed by atoms with Gasteiger partial charge in [-0.25, -0.2) is 4.68 Å². The Morgan fingerprint density at radius 2 is 2.05 bits per heavy atom. The number of para-hydroxylation sites is 1. The zero-order valence-corrected chi connectivity index (χ0v) is 11.2. The highest BCUT2D eigenvalue weighted by molar-refractivity contribution is 5.94. The van der Waals surface area contributed by atoms with Gasteiger partial charge in [-0.15, -0.1) is 5.10 Å². The lowest BCUT2D eigenvalue weighted by Gasteiger charge is -2.08. The predicted octanol–water partition coefficient (Wildman–Crippen LogP) is 1.84. The van der Waals surface area contributed by atoms with E-state index in [2.05, 4.69) is 29.5 Å². The quantitative estimate of drug-likeness (QED) is 0.803. The summed E-state index contributed by atoms with van der Waals surface area (Å²) in [5.74, 6) is 0.0435. The van der Waals surface area contributed by atoms with Crippen molar-refractivity contribution in [2.45, 2.75) is 26.3 Å². The number of ketones is 1. The van der Waals surface area contributed by atoms with E-state index in [0.717, 1.165) is 5.69 Å². The molecular formula is C14H18N4O. The third-order valence-corrected chi connectivity index (χ3v) is 2.74. The molecule has 0 unspecified atom stereocenters. The highest BCUT2D eigenvalue weighted by Gasteiger charge is 2.14. The van der Waals surface area contributed by atoms with Gasteiger partial charge in [0.2, 0.25) is 0 Å². The number of aromatic nitrogens is 3. The molecule has 0 aliphatic heterocycles. The molecule has 2 aromatic rings. The molecule has 0 spiro atoms. The van der Waals surface area contributed by atoms with Crippen LogP contribution in [0.25, 0.3) is 5.69 Å². The second kappa shape index (κ2) is 6.24. The summed E-state index contributed by atoms with van der Waals surface area (Å²) in [5, 5.41) is 11.0. The van der Waals surface area contributed by atoms with E-state index in [4.69, 9.17) is 0 Å². The lowest BCUT2D eigenvalue weighted by Crippen LogP contribution is -2.25. The largest absolute Gasteiger partial charge is 0.314 e. The van der Waals surface area contributed by atoms with Crippen LogP contribution in [0.1, 0.15) is 30.8 Å². The Labute approximate surface area is 112 Å². The Kier molecular flexibility index (Phi) is 4.41. The molecule has 5 heteroatoms. The fourth-order valence-electron chi connectivity index (χ4n) is 1.79. The Bertz CT molecular complexity index is 533. The number of Topliss-reactive ketones (excluding diaryl/α,β-unsaturated/α-hetero) is 1. The predicted molar refractivity (Wildman–Crippen MR) is 73.4 cm³/mol. The molecule has 1 heterocycles. The molecule has 0 saturated carbocycles. The average Bonchev–Trinajstić information content (AvgIpc) is 2.88. The summed E-state index contributed by atoms with van der Waals surface area (Å²) in [7, 11) is 0. The number of carbonyl (C=O) groups excluding carboxylic acids is 1. The molecule has 0 aliphatic rings. The van der Waals surface area contributed by atoms with Gasteiger partial charge in [0.05, 0.1) is 11.9 Å². The molecule has 0 aliphatic carbocycles. The second-order valence-corrected chi connectivity index (χ2v) is 4.65. The number of carbonyl (C=O) groups is 1. The van der Waals surface area contributed by atoms with E-state index in [9.17, 15) is 4.79 Å². The average molecular weight is 258 g/mol. The normalized spacial score (nSPS) is 10.9. The van der Waals surface area contributed by atoms with Crippen LogP contribution in [0.4, 0.5) is 0 Å². The Morgan fingerprint density at radius 3 is 2.74 bits per heavy atom. The molecule has 100 valence electrons. The molecule has 1 aromatic heterocycles. The van der Waals surface area contributed by atoms with Crippen molar-refractivity contribution in [3.63, 3.8) is 0 Å². The summed E-state index contributed by atoms with van der Waals surface area (Å²) in [6.45, 7) is 4.77. The van der Waals surface area contributed by atoms with E-state index in [1.807, 2.05) is 30.3 Å². The van der Waals surface area contributed by atoms with E-state index in [0.29, 0.717) is 24.7 Å². The molecule has 0 fully saturated rings. The van der Waals surface area contributed by atoms with Gasteiger partial charge in [-0.2, -0.15) is 0 Å². The van der Waals surface area contributed by atoms with Gasteiger partial charge in [0, 0.05) is 19.0 Å². The van der Waals surface area contributed by atoms with Crippen LogP contribution in [-0.4, -0.2) is 33.4 Å². The van der Waals surface area contributed by atoms with Crippen molar-refractivity contribution in [3.05, 3.63) is 42.2 Å². The number of hydrogen-bond donors (Lipinski definition) is 1. The molecule has 0 bridgehead atoms. The summed E-state index contributed by atoms with van der Waals surface area (Å²) in [6, 6.07) is 9.92. The first-order valence-electron chi connectivity index (χ1n) is 6.41. The molecule has 19 heavy (non-hydrogen) atoms. The van der Waals surface area contributed by atoms with E-state index < -0.39 is 0 Å². The van der Waals surface area contributed by atoms with Crippen molar-refractivity contribution in [1.82, 2.24) is 20.3 Å². The van der Waals surface area contributed by atoms with Gasteiger partial charge in [-0.1, -0.05) is 37.3 Å². The molecule has 0 atom stereocenters. The van der Waals surface area contributed by atoms with Crippen LogP contribution in [0.15, 0.2) is 36.5 Å². The summed E-state index contributed by atoms with van der Waals surface area (Å²) < 4.78 is 1.58. The van der Waals surface area contributed by atoms with Gasteiger partial charge in [0.15, 0.2) is 5.78 Å². The molecule has 1 N–H and O–H groups in total. The Hall–Kier alpha value is -2.01. The zero-order valence-electron chi connectivity index (χ0n) is 11.2. The van der Waals surface area contributed by atoms with Crippen LogP contribution in [0.2, 0.25) is 0 Å². The van der Waals surface area contributed by atoms with E-state index in [1.165, 1.54) is 6.20 Å². The summed E-state index contributed by atoms with van der Waals surface area (Å²) >= 11 is 0. The number of hydrogen-bond acceptors (Lipinski definition) is 4. The highest BCUT2D eigenvalue weighted by atomic mass is 16.1. The number of rotatable bonds is 6. The van der Waals surface area contributed by atoms with Crippen molar-refractivity contribution in [1.29, 1.82) is 0 Å². The lowest BCUT2D eigenvalue weighted by atomic mass is 10.2. The van der Waals surface area contributed by atoms with Gasteiger partial charge in [-0.05, 0) is 12.1 Å². The van der Waals surface area contributed by atoms with Crippen LogP contribution in [0.3, 0.4) is 0 Å². The molecule has 0 saturated heterocycles. The number of benzene rings is 1. The molecule has 0 amide bonds. The van der Waals surface area contributed by atoms with Crippen LogP contribution in [0.5, 0.6) is 0 Å². The second-order valence-electron chi connectivity index (χ2n) is 4.65. The maximum Gasteiger partial charge on any atom is 0.184 e. The summed E-state index contributed by atoms with van der Waals surface area (Å²) in [4.78, 5) is 12.1. The van der Waals surface area contributed by atoms with E-state index in [1.54, 1.807) is 4.68 Å². The van der Waals surface area contributed by atoms with Crippen molar-refractivity contribution >= 4 is 5.78 Å². The standard InChI is InChI=1S/C14H18N4O/c1-11(2)15-9-8-14(19)13-10-16-17-18(13)12-6-4-3-5-7-12/h3-7,10-11,15H,8-9H2,1-2H3. The molecule has 2 rings (SSSR count). The molecular weight excluding hydrogens is 240 g/mol. The fraction of sp³-hybridized carbons (Fsp3) is 0.357. The topological polar surface area (TPSA) is 59.8 Å². The Morgan fingerprint density at radius 1 is 1.32 bits per heavy atom. The third-order valence-electron chi connectivity index (χ3n) is 2.74. The van der Waals surface area contributed by atoms with E-state index in [-0.39, 0.29) is 5.78 Å². The Balaban J connectivity index is 2.09. The van der Waals surface area contributed by atoms with Gasteiger partial charge >= 0.3 is 0 Å². The first-order chi connectivity index (χ1) is 9.18. The summed E-state index contributed by atoms with van der Waals surface area (Å²) in [5.41, 5.74) is 1.37. The zero-order chi connectivity index (χ0) is 13.7. The van der Waals surface area contributed by atoms with Crippen LogP contribution in [0, 0.1) is 0 Å². The first-order valence-corrected chi connectivity index (χ1v) is 6.41. The van der Waals surface area contributed by atoms with Gasteiger partial charge in [0.1, 0.15) is 5.69 Å². The minimum atomic E-state index is 0.0435. The van der Waals surface area contributed by atoms with Gasteiger partial charge in [-0.3, -0.25) is 4.79 Å². The maximum atomic E-state index is 12.1. The number of nitrogens with one attached hydrogen (secondary N) is 1. The molecule has 0 radical (unpaired) electrons. The maximum absolute atomic E-state index is 12.1. The summed E-state index contributed by atoms with van der Waals surface area (Å²) in [6.07, 6.45) is 1.96. The highest BCUT2D eigenvalue weighted by Crippen LogP contribution is 2.10. The van der Waals surface area contributed by atoms with Crippen LogP contribution < -0.4 is 5.32 Å². The SMILES string of the molecule is CC(C)NCCC(=O)c1cnnn1-c1ccccc1. The van der Waals surface area contributed by atoms with Crippen LogP contribution >= 0.6 is 0 Å².